The first-order chi connectivity index (χ1) is 18.0. The molecule has 9 heteroatoms. The molecule has 9 nitrogen and oxygen atoms in total. The van der Waals surface area contributed by atoms with Gasteiger partial charge in [0.15, 0.2) is 16.9 Å². The molecule has 2 aliphatic rings. The third-order valence-corrected chi connectivity index (χ3v) is 6.81. The van der Waals surface area contributed by atoms with Gasteiger partial charge in [0.1, 0.15) is 11.3 Å². The van der Waals surface area contributed by atoms with Crippen LogP contribution < -0.4 is 19.6 Å². The predicted molar refractivity (Wildman–Crippen MR) is 138 cm³/mol. The Morgan fingerprint density at radius 2 is 1.73 bits per heavy atom. The van der Waals surface area contributed by atoms with E-state index in [-0.39, 0.29) is 17.1 Å². The number of benzene rings is 2. The molecule has 3 heterocycles. The van der Waals surface area contributed by atoms with E-state index in [4.69, 9.17) is 23.4 Å². The van der Waals surface area contributed by atoms with Crippen molar-refractivity contribution in [2.75, 3.05) is 59.7 Å². The van der Waals surface area contributed by atoms with Crippen LogP contribution in [-0.2, 0) is 4.74 Å². The molecule has 2 aromatic carbocycles. The van der Waals surface area contributed by atoms with Crippen LogP contribution in [0.25, 0.3) is 11.0 Å². The van der Waals surface area contributed by atoms with E-state index < -0.39 is 6.04 Å². The van der Waals surface area contributed by atoms with Crippen molar-refractivity contribution in [3.8, 4) is 17.2 Å². The smallest absolute Gasteiger partial charge is 0.290 e. The fourth-order valence-electron chi connectivity index (χ4n) is 5.04. The monoisotopic (exact) mass is 508 g/mol. The molecular weight excluding hydrogens is 476 g/mol. The van der Waals surface area contributed by atoms with Crippen molar-refractivity contribution in [2.24, 2.45) is 0 Å². The molecule has 196 valence electrons. The molecule has 1 atom stereocenters. The predicted octanol–water partition coefficient (Wildman–Crippen LogP) is 3.48. The largest absolute Gasteiger partial charge is 0.494 e. The third kappa shape index (κ3) is 4.76. The molecule has 5 rings (SSSR count). The Hall–Kier alpha value is -3.56. The van der Waals surface area contributed by atoms with E-state index in [9.17, 15) is 9.59 Å². The maximum atomic E-state index is 13.8. The van der Waals surface area contributed by atoms with Gasteiger partial charge in [-0.1, -0.05) is 6.07 Å². The number of carbonyl (C=O) groups excluding carboxylic acids is 1. The number of hydrogen-bond donors (Lipinski definition) is 0. The van der Waals surface area contributed by atoms with Gasteiger partial charge < -0.3 is 28.3 Å². The van der Waals surface area contributed by atoms with Gasteiger partial charge in [0.25, 0.3) is 5.91 Å². The summed E-state index contributed by atoms with van der Waals surface area (Å²) in [6.45, 7) is 8.80. The average Bonchev–Trinajstić information content (AvgIpc) is 3.20. The number of morpholine rings is 1. The van der Waals surface area contributed by atoms with Crippen LogP contribution in [0.2, 0.25) is 0 Å². The molecule has 2 aliphatic heterocycles. The molecule has 0 saturated carbocycles. The summed E-state index contributed by atoms with van der Waals surface area (Å²) in [5.41, 5.74) is 1.21. The highest BCUT2D eigenvalue weighted by atomic mass is 16.5. The molecule has 0 radical (unpaired) electrons. The quantitative estimate of drug-likeness (QED) is 0.434. The first-order valence-electron chi connectivity index (χ1n) is 12.7. The minimum Gasteiger partial charge on any atom is -0.494 e. The Bertz CT molecular complexity index is 1350. The molecule has 1 aromatic heterocycles. The zero-order valence-electron chi connectivity index (χ0n) is 21.5. The van der Waals surface area contributed by atoms with Crippen molar-refractivity contribution in [2.45, 2.75) is 19.9 Å². The molecular formula is C28H32N2O7. The first-order valence-corrected chi connectivity index (χ1v) is 12.7. The van der Waals surface area contributed by atoms with Crippen LogP contribution in [0, 0.1) is 0 Å². The van der Waals surface area contributed by atoms with E-state index >= 15 is 0 Å². The molecule has 1 amide bonds. The summed E-state index contributed by atoms with van der Waals surface area (Å²) in [6.07, 6.45) is 0. The summed E-state index contributed by atoms with van der Waals surface area (Å²) >= 11 is 0. The van der Waals surface area contributed by atoms with Crippen molar-refractivity contribution in [3.63, 3.8) is 0 Å². The molecule has 0 spiro atoms. The van der Waals surface area contributed by atoms with E-state index in [1.807, 2.05) is 32.0 Å². The number of nitrogens with zero attached hydrogens (tertiary/aromatic N) is 2. The van der Waals surface area contributed by atoms with Crippen LogP contribution in [0.4, 0.5) is 0 Å². The van der Waals surface area contributed by atoms with Crippen molar-refractivity contribution in [1.29, 1.82) is 0 Å². The minimum absolute atomic E-state index is 0.0750. The summed E-state index contributed by atoms with van der Waals surface area (Å²) < 4.78 is 28.4. The lowest BCUT2D eigenvalue weighted by atomic mass is 9.98. The Labute approximate surface area is 215 Å². The van der Waals surface area contributed by atoms with E-state index in [2.05, 4.69) is 4.90 Å². The maximum Gasteiger partial charge on any atom is 0.290 e. The lowest BCUT2D eigenvalue weighted by Gasteiger charge is -2.31. The lowest BCUT2D eigenvalue weighted by Crippen LogP contribution is -2.42. The maximum absolute atomic E-state index is 13.8. The summed E-state index contributed by atoms with van der Waals surface area (Å²) in [5, 5.41) is 0.410. The van der Waals surface area contributed by atoms with Crippen molar-refractivity contribution in [3.05, 3.63) is 63.5 Å². The Balaban J connectivity index is 1.61. The van der Waals surface area contributed by atoms with Gasteiger partial charge in [-0.2, -0.15) is 0 Å². The first kappa shape index (κ1) is 25.1. The highest BCUT2D eigenvalue weighted by Gasteiger charge is 2.43. The zero-order valence-corrected chi connectivity index (χ0v) is 21.5. The van der Waals surface area contributed by atoms with E-state index in [0.717, 1.165) is 18.7 Å². The van der Waals surface area contributed by atoms with Gasteiger partial charge >= 0.3 is 0 Å². The number of carbonyl (C=O) groups is 1. The second-order valence-corrected chi connectivity index (χ2v) is 8.96. The van der Waals surface area contributed by atoms with Crippen LogP contribution in [0.1, 0.15) is 41.6 Å². The van der Waals surface area contributed by atoms with Crippen molar-refractivity contribution in [1.82, 2.24) is 9.80 Å². The van der Waals surface area contributed by atoms with Crippen LogP contribution in [0.5, 0.6) is 17.2 Å². The molecule has 1 fully saturated rings. The van der Waals surface area contributed by atoms with E-state index in [0.29, 0.717) is 73.3 Å². The van der Waals surface area contributed by atoms with Crippen LogP contribution in [-0.4, -0.2) is 75.4 Å². The molecule has 37 heavy (non-hydrogen) atoms. The Morgan fingerprint density at radius 3 is 2.46 bits per heavy atom. The number of amides is 1. The average molecular weight is 509 g/mol. The van der Waals surface area contributed by atoms with Gasteiger partial charge in [0.2, 0.25) is 5.76 Å². The van der Waals surface area contributed by atoms with Gasteiger partial charge in [0.05, 0.1) is 50.5 Å². The standard InChI is InChI=1S/C28H32N2O7/c1-4-35-19-7-8-20-22(17-19)37-27-24(26(20)31)25(18-6-9-21(36-5-2)23(16-18)33-3)30(28(27)32)11-10-29-12-14-34-15-13-29/h6-9,16-17,25H,4-5,10-15H2,1-3H3. The summed E-state index contributed by atoms with van der Waals surface area (Å²) in [7, 11) is 1.57. The second-order valence-electron chi connectivity index (χ2n) is 8.96. The molecule has 0 bridgehead atoms. The van der Waals surface area contributed by atoms with Gasteiger partial charge in [-0.05, 0) is 43.7 Å². The normalized spacial score (nSPS) is 17.8. The molecule has 3 aromatic rings. The summed E-state index contributed by atoms with van der Waals surface area (Å²) in [4.78, 5) is 31.6. The highest BCUT2D eigenvalue weighted by Crippen LogP contribution is 2.41. The van der Waals surface area contributed by atoms with Crippen LogP contribution >= 0.6 is 0 Å². The van der Waals surface area contributed by atoms with Crippen molar-refractivity contribution < 1.29 is 28.2 Å². The zero-order chi connectivity index (χ0) is 25.9. The number of rotatable bonds is 9. The second kappa shape index (κ2) is 10.8. The topological polar surface area (TPSA) is 90.7 Å². The number of ether oxygens (including phenoxy) is 4. The SMILES string of the molecule is CCOc1ccc2c(=O)c3c(oc2c1)C(=O)N(CCN1CCOCC1)C3c1ccc(OCC)c(OC)c1. The number of fused-ring (bicyclic) bond motifs is 2. The van der Waals surface area contributed by atoms with Gasteiger partial charge in [-0.25, -0.2) is 0 Å². The number of hydrogen-bond acceptors (Lipinski definition) is 8. The molecule has 0 aliphatic carbocycles. The number of methoxy groups -OCH3 is 1. The van der Waals surface area contributed by atoms with Gasteiger partial charge in [-0.3, -0.25) is 14.5 Å². The van der Waals surface area contributed by atoms with Gasteiger partial charge in [-0.15, -0.1) is 0 Å². The van der Waals surface area contributed by atoms with E-state index in [1.165, 1.54) is 0 Å². The molecule has 1 unspecified atom stereocenters. The molecule has 1 saturated heterocycles. The fraction of sp³-hybridized carbons (Fsp3) is 0.429. The Morgan fingerprint density at radius 1 is 0.946 bits per heavy atom. The van der Waals surface area contributed by atoms with Crippen LogP contribution in [0.3, 0.4) is 0 Å². The highest BCUT2D eigenvalue weighted by molar-refractivity contribution is 5.99. The Kier molecular flexibility index (Phi) is 7.34. The van der Waals surface area contributed by atoms with Crippen LogP contribution in [0.15, 0.2) is 45.6 Å². The molecule has 0 N–H and O–H groups in total. The summed E-state index contributed by atoms with van der Waals surface area (Å²) in [5.74, 6) is 1.50. The van der Waals surface area contributed by atoms with Crippen molar-refractivity contribution >= 4 is 16.9 Å². The van der Waals surface area contributed by atoms with Gasteiger partial charge in [0, 0.05) is 32.2 Å². The van der Waals surface area contributed by atoms with E-state index in [1.54, 1.807) is 30.2 Å². The summed E-state index contributed by atoms with van der Waals surface area (Å²) in [6, 6.07) is 10.0. The fourth-order valence-corrected chi connectivity index (χ4v) is 5.04. The third-order valence-electron chi connectivity index (χ3n) is 6.81. The lowest BCUT2D eigenvalue weighted by molar-refractivity contribution is 0.0314. The minimum atomic E-state index is -0.611.